The van der Waals surface area contributed by atoms with Gasteiger partial charge in [-0.15, -0.1) is 0 Å². The maximum absolute atomic E-state index is 12.9. The molecule has 21 heavy (non-hydrogen) atoms. The lowest BCUT2D eigenvalue weighted by Gasteiger charge is -2.29. The summed E-state index contributed by atoms with van der Waals surface area (Å²) in [5.41, 5.74) is -2.61. The fourth-order valence-electron chi connectivity index (χ4n) is 2.19. The Morgan fingerprint density at radius 3 is 2.48 bits per heavy atom. The van der Waals surface area contributed by atoms with E-state index in [1.165, 1.54) is 18.2 Å². The van der Waals surface area contributed by atoms with Gasteiger partial charge in [0.25, 0.3) is 0 Å². The summed E-state index contributed by atoms with van der Waals surface area (Å²) in [6.45, 7) is 0.476. The van der Waals surface area contributed by atoms with E-state index in [2.05, 4.69) is 5.32 Å². The first-order valence-corrected chi connectivity index (χ1v) is 6.36. The van der Waals surface area contributed by atoms with Gasteiger partial charge >= 0.3 is 6.18 Å². The molecule has 1 aromatic rings. The standard InChI is InChI=1S/C14H13F3N2O2/c15-14(16,17)10-3-1-2-4-11(10)19-12(20)13(9-18)5-7-21-8-6-13/h1-4H,5-8H2,(H,19,20). The van der Waals surface area contributed by atoms with Gasteiger partial charge in [0.05, 0.1) is 17.3 Å². The molecule has 4 nitrogen and oxygen atoms in total. The summed E-state index contributed by atoms with van der Waals surface area (Å²) >= 11 is 0. The Bertz CT molecular complexity index is 572. The number of para-hydroxylation sites is 1. The van der Waals surface area contributed by atoms with Crippen molar-refractivity contribution in [2.24, 2.45) is 5.41 Å². The zero-order chi connectivity index (χ0) is 15.5. The summed E-state index contributed by atoms with van der Waals surface area (Å²) in [4.78, 5) is 12.2. The van der Waals surface area contributed by atoms with Gasteiger partial charge in [-0.1, -0.05) is 12.1 Å². The molecule has 1 saturated heterocycles. The van der Waals surface area contributed by atoms with Crippen LogP contribution in [0.3, 0.4) is 0 Å². The van der Waals surface area contributed by atoms with Crippen molar-refractivity contribution >= 4 is 11.6 Å². The van der Waals surface area contributed by atoms with E-state index in [0.29, 0.717) is 0 Å². The zero-order valence-electron chi connectivity index (χ0n) is 11.0. The average Bonchev–Trinajstić information content (AvgIpc) is 2.47. The Balaban J connectivity index is 2.26. The molecular weight excluding hydrogens is 285 g/mol. The number of amides is 1. The van der Waals surface area contributed by atoms with Crippen molar-refractivity contribution in [2.75, 3.05) is 18.5 Å². The van der Waals surface area contributed by atoms with E-state index < -0.39 is 23.1 Å². The number of ether oxygens (including phenoxy) is 1. The fraction of sp³-hybridized carbons (Fsp3) is 0.429. The number of hydrogen-bond donors (Lipinski definition) is 1. The molecule has 0 aliphatic carbocycles. The molecule has 1 aliphatic rings. The number of carbonyl (C=O) groups is 1. The number of halogens is 3. The molecule has 0 bridgehead atoms. The third kappa shape index (κ3) is 3.16. The van der Waals surface area contributed by atoms with Crippen molar-refractivity contribution in [1.29, 1.82) is 5.26 Å². The van der Waals surface area contributed by atoms with Crippen LogP contribution in [0.2, 0.25) is 0 Å². The topological polar surface area (TPSA) is 62.1 Å². The highest BCUT2D eigenvalue weighted by Crippen LogP contribution is 2.36. The van der Waals surface area contributed by atoms with Gasteiger partial charge in [0.15, 0.2) is 0 Å². The lowest BCUT2D eigenvalue weighted by atomic mass is 9.80. The van der Waals surface area contributed by atoms with Crippen molar-refractivity contribution in [3.8, 4) is 6.07 Å². The molecule has 1 fully saturated rings. The molecular formula is C14H13F3N2O2. The number of rotatable bonds is 2. The molecule has 7 heteroatoms. The van der Waals surface area contributed by atoms with Crippen LogP contribution in [0, 0.1) is 16.7 Å². The summed E-state index contributed by atoms with van der Waals surface area (Å²) in [5.74, 6) is -0.718. The van der Waals surface area contributed by atoms with E-state index in [0.717, 1.165) is 6.07 Å². The smallest absolute Gasteiger partial charge is 0.381 e. The highest BCUT2D eigenvalue weighted by Gasteiger charge is 2.42. The van der Waals surface area contributed by atoms with Gasteiger partial charge in [-0.25, -0.2) is 0 Å². The van der Waals surface area contributed by atoms with E-state index in [4.69, 9.17) is 4.74 Å². The largest absolute Gasteiger partial charge is 0.418 e. The molecule has 112 valence electrons. The van der Waals surface area contributed by atoms with Crippen LogP contribution >= 0.6 is 0 Å². The number of anilines is 1. The summed E-state index contributed by atoms with van der Waals surface area (Å²) in [7, 11) is 0. The highest BCUT2D eigenvalue weighted by molar-refractivity contribution is 5.97. The van der Waals surface area contributed by atoms with Crippen molar-refractivity contribution in [3.05, 3.63) is 29.8 Å². The van der Waals surface area contributed by atoms with Gasteiger partial charge in [-0.2, -0.15) is 18.4 Å². The first kappa shape index (κ1) is 15.3. The van der Waals surface area contributed by atoms with Crippen LogP contribution in [0.5, 0.6) is 0 Å². The number of carbonyl (C=O) groups excluding carboxylic acids is 1. The first-order valence-electron chi connectivity index (χ1n) is 6.36. The van der Waals surface area contributed by atoms with E-state index in [1.54, 1.807) is 0 Å². The molecule has 1 amide bonds. The Morgan fingerprint density at radius 1 is 1.29 bits per heavy atom. The van der Waals surface area contributed by atoms with Crippen LogP contribution in [0.15, 0.2) is 24.3 Å². The normalized spacial score (nSPS) is 17.8. The maximum atomic E-state index is 12.9. The Morgan fingerprint density at radius 2 is 1.90 bits per heavy atom. The molecule has 0 spiro atoms. The fourth-order valence-corrected chi connectivity index (χ4v) is 2.19. The van der Waals surface area contributed by atoms with Crippen LogP contribution in [0.25, 0.3) is 0 Å². The molecule has 1 aromatic carbocycles. The number of hydrogen-bond acceptors (Lipinski definition) is 3. The Kier molecular flexibility index (Phi) is 4.19. The zero-order valence-corrected chi connectivity index (χ0v) is 11.0. The molecule has 0 radical (unpaired) electrons. The monoisotopic (exact) mass is 298 g/mol. The molecule has 0 aromatic heterocycles. The van der Waals surface area contributed by atoms with Gasteiger partial charge in [-0.05, 0) is 25.0 Å². The van der Waals surface area contributed by atoms with Gasteiger partial charge in [0, 0.05) is 13.2 Å². The van der Waals surface area contributed by atoms with Gasteiger partial charge < -0.3 is 10.1 Å². The average molecular weight is 298 g/mol. The first-order chi connectivity index (χ1) is 9.89. The second-order valence-electron chi connectivity index (χ2n) is 4.80. The summed E-state index contributed by atoms with van der Waals surface area (Å²) in [5, 5.41) is 11.5. The molecule has 1 N–H and O–H groups in total. The predicted octanol–water partition coefficient (Wildman–Crippen LogP) is 2.96. The van der Waals surface area contributed by atoms with E-state index in [1.807, 2.05) is 6.07 Å². The number of nitrogens with zero attached hydrogens (tertiary/aromatic N) is 1. The molecule has 0 unspecified atom stereocenters. The summed E-state index contributed by atoms with van der Waals surface area (Å²) < 4.78 is 43.7. The van der Waals surface area contributed by atoms with Crippen LogP contribution in [0.4, 0.5) is 18.9 Å². The molecule has 0 atom stereocenters. The molecule has 1 heterocycles. The molecule has 1 aliphatic heterocycles. The third-order valence-electron chi connectivity index (χ3n) is 3.48. The van der Waals surface area contributed by atoms with E-state index in [9.17, 15) is 23.2 Å². The van der Waals surface area contributed by atoms with Crippen LogP contribution in [-0.4, -0.2) is 19.1 Å². The third-order valence-corrected chi connectivity index (χ3v) is 3.48. The van der Waals surface area contributed by atoms with Crippen molar-refractivity contribution in [1.82, 2.24) is 0 Å². The van der Waals surface area contributed by atoms with E-state index >= 15 is 0 Å². The van der Waals surface area contributed by atoms with Gasteiger partial charge in [0.1, 0.15) is 5.41 Å². The quantitative estimate of drug-likeness (QED) is 0.913. The summed E-state index contributed by atoms with van der Waals surface area (Å²) in [6, 6.07) is 6.62. The second-order valence-corrected chi connectivity index (χ2v) is 4.80. The van der Waals surface area contributed by atoms with Crippen molar-refractivity contribution in [2.45, 2.75) is 19.0 Å². The SMILES string of the molecule is N#CC1(C(=O)Nc2ccccc2C(F)(F)F)CCOCC1. The summed E-state index contributed by atoms with van der Waals surface area (Å²) in [6.07, 6.45) is -4.23. The van der Waals surface area contributed by atoms with E-state index in [-0.39, 0.29) is 31.7 Å². The Hall–Kier alpha value is -2.07. The predicted molar refractivity (Wildman–Crippen MR) is 68.2 cm³/mol. The molecule has 0 saturated carbocycles. The van der Waals surface area contributed by atoms with Crippen molar-refractivity contribution in [3.63, 3.8) is 0 Å². The maximum Gasteiger partial charge on any atom is 0.418 e. The van der Waals surface area contributed by atoms with Crippen LogP contribution in [0.1, 0.15) is 18.4 Å². The number of alkyl halides is 3. The minimum Gasteiger partial charge on any atom is -0.381 e. The molecule has 2 rings (SSSR count). The lowest BCUT2D eigenvalue weighted by Crippen LogP contribution is -2.40. The van der Waals surface area contributed by atoms with Crippen molar-refractivity contribution < 1.29 is 22.7 Å². The number of benzene rings is 1. The van der Waals surface area contributed by atoms with Gasteiger partial charge in [-0.3, -0.25) is 4.79 Å². The second kappa shape index (κ2) is 5.74. The number of nitrogens with one attached hydrogen (secondary N) is 1. The number of nitriles is 1. The lowest BCUT2D eigenvalue weighted by molar-refractivity contribution is -0.137. The van der Waals surface area contributed by atoms with Crippen LogP contribution < -0.4 is 5.32 Å². The minimum absolute atomic E-state index is 0.170. The highest BCUT2D eigenvalue weighted by atomic mass is 19.4. The van der Waals surface area contributed by atoms with Crippen LogP contribution in [-0.2, 0) is 15.7 Å². The Labute approximate surface area is 119 Å². The van der Waals surface area contributed by atoms with Gasteiger partial charge in [0.2, 0.25) is 5.91 Å². The minimum atomic E-state index is -4.57.